The number of nitrogens with zero attached hydrogens (tertiary/aromatic N) is 1. The van der Waals surface area contributed by atoms with Crippen molar-refractivity contribution >= 4 is 33.3 Å². The van der Waals surface area contributed by atoms with Crippen molar-refractivity contribution in [2.45, 2.75) is 11.8 Å². The van der Waals surface area contributed by atoms with Crippen LogP contribution in [-0.2, 0) is 20.4 Å². The molecule has 2 amide bonds. The van der Waals surface area contributed by atoms with Crippen LogP contribution in [0, 0.1) is 11.3 Å². The highest BCUT2D eigenvalue weighted by atomic mass is 35.5. The minimum absolute atomic E-state index is 0.288. The van der Waals surface area contributed by atoms with E-state index in [4.69, 9.17) is 16.9 Å². The fourth-order valence-electron chi connectivity index (χ4n) is 2.41. The summed E-state index contributed by atoms with van der Waals surface area (Å²) in [5, 5.41) is 13.8. The second-order valence-corrected chi connectivity index (χ2v) is 8.49. The second-order valence-electron chi connectivity index (χ2n) is 5.95. The van der Waals surface area contributed by atoms with Crippen LogP contribution in [0.1, 0.15) is 15.9 Å². The van der Waals surface area contributed by atoms with Gasteiger partial charge in [-0.2, -0.15) is 5.26 Å². The number of carbonyl (C=O) groups excluding carboxylic acids is 2. The monoisotopic (exact) mass is 419 g/mol. The molecule has 0 heterocycles. The van der Waals surface area contributed by atoms with Gasteiger partial charge in [-0.05, 0) is 29.8 Å². The molecule has 0 aliphatic heterocycles. The van der Waals surface area contributed by atoms with Crippen LogP contribution < -0.4 is 10.6 Å². The molecule has 7 nitrogen and oxygen atoms in total. The Morgan fingerprint density at radius 2 is 1.71 bits per heavy atom. The third-order valence-corrected chi connectivity index (χ3v) is 5.59. The summed E-state index contributed by atoms with van der Waals surface area (Å²) in [5.41, 5.74) is 0.797. The number of nitriles is 1. The van der Waals surface area contributed by atoms with E-state index in [0.717, 1.165) is 0 Å². The first-order valence-electron chi connectivity index (χ1n) is 8.26. The highest BCUT2D eigenvalue weighted by molar-refractivity contribution is 7.90. The van der Waals surface area contributed by atoms with Crippen molar-refractivity contribution in [1.82, 2.24) is 10.6 Å². The predicted octanol–water partition coefficient (Wildman–Crippen LogP) is 1.69. The summed E-state index contributed by atoms with van der Waals surface area (Å²) < 4.78 is 25.1. The third kappa shape index (κ3) is 6.68. The quantitative estimate of drug-likeness (QED) is 0.631. The molecule has 9 heteroatoms. The Morgan fingerprint density at radius 3 is 2.32 bits per heavy atom. The van der Waals surface area contributed by atoms with Crippen LogP contribution in [0.2, 0.25) is 5.02 Å². The van der Waals surface area contributed by atoms with Crippen LogP contribution in [0.3, 0.4) is 0 Å². The minimum Gasteiger partial charge on any atom is -0.341 e. The van der Waals surface area contributed by atoms with Gasteiger partial charge in [-0.1, -0.05) is 41.9 Å². The molecule has 0 saturated carbocycles. The molecule has 2 aromatic carbocycles. The molecule has 2 rings (SSSR count). The maximum atomic E-state index is 12.6. The van der Waals surface area contributed by atoms with Crippen molar-refractivity contribution in [3.8, 4) is 6.07 Å². The number of carbonyl (C=O) groups is 2. The Labute approximate surface area is 168 Å². The normalized spacial score (nSPS) is 11.9. The van der Waals surface area contributed by atoms with E-state index < -0.39 is 33.4 Å². The molecule has 1 atom stereocenters. The van der Waals surface area contributed by atoms with E-state index in [2.05, 4.69) is 10.6 Å². The average molecular weight is 420 g/mol. The first kappa shape index (κ1) is 21.4. The van der Waals surface area contributed by atoms with Crippen LogP contribution in [0.4, 0.5) is 0 Å². The number of hydrogen-bond acceptors (Lipinski definition) is 5. The van der Waals surface area contributed by atoms with Crippen molar-refractivity contribution in [1.29, 1.82) is 5.26 Å². The SMILES string of the molecule is N#CCNC(=O)[C@H](CS(=O)(=O)Cc1ccc(Cl)cc1)NC(=O)c1ccccc1. The second kappa shape index (κ2) is 9.88. The molecule has 0 unspecified atom stereocenters. The van der Waals surface area contributed by atoms with Gasteiger partial charge < -0.3 is 10.6 Å². The average Bonchev–Trinajstić information content (AvgIpc) is 2.67. The van der Waals surface area contributed by atoms with Gasteiger partial charge in [0.15, 0.2) is 9.84 Å². The Morgan fingerprint density at radius 1 is 1.07 bits per heavy atom. The molecule has 146 valence electrons. The molecule has 0 bridgehead atoms. The molecule has 28 heavy (non-hydrogen) atoms. The van der Waals surface area contributed by atoms with E-state index in [1.165, 1.54) is 0 Å². The minimum atomic E-state index is -3.75. The number of halogens is 1. The zero-order valence-electron chi connectivity index (χ0n) is 14.8. The first-order chi connectivity index (χ1) is 13.3. The molecule has 0 saturated heterocycles. The van der Waals surface area contributed by atoms with Gasteiger partial charge >= 0.3 is 0 Å². The first-order valence-corrected chi connectivity index (χ1v) is 10.5. The number of sulfone groups is 1. The summed E-state index contributed by atoms with van der Waals surface area (Å²) in [6, 6.07) is 14.8. The summed E-state index contributed by atoms with van der Waals surface area (Å²) in [6.45, 7) is -0.298. The zero-order valence-corrected chi connectivity index (χ0v) is 16.3. The van der Waals surface area contributed by atoms with Crippen molar-refractivity contribution in [2.75, 3.05) is 12.3 Å². The molecule has 0 aliphatic carbocycles. The number of hydrogen-bond donors (Lipinski definition) is 2. The standard InChI is InChI=1S/C19H18ClN3O4S/c20-16-8-6-14(7-9-16)12-28(26,27)13-17(19(25)22-11-10-21)23-18(24)15-4-2-1-3-5-15/h1-9,17H,11-13H2,(H,22,25)(H,23,24)/t17-/m0/s1. The lowest BCUT2D eigenvalue weighted by Gasteiger charge is -2.18. The van der Waals surface area contributed by atoms with E-state index in [1.807, 2.05) is 0 Å². The number of benzene rings is 2. The lowest BCUT2D eigenvalue weighted by atomic mass is 10.2. The Balaban J connectivity index is 2.15. The van der Waals surface area contributed by atoms with Gasteiger partial charge in [0.05, 0.1) is 17.6 Å². The highest BCUT2D eigenvalue weighted by Gasteiger charge is 2.27. The molecule has 0 aliphatic rings. The fourth-order valence-corrected chi connectivity index (χ4v) is 4.10. The summed E-state index contributed by atoms with van der Waals surface area (Å²) in [7, 11) is -3.75. The Hall–Kier alpha value is -2.89. The van der Waals surface area contributed by atoms with Crippen LogP contribution >= 0.6 is 11.6 Å². The van der Waals surface area contributed by atoms with Crippen molar-refractivity contribution in [3.63, 3.8) is 0 Å². The van der Waals surface area contributed by atoms with E-state index >= 15 is 0 Å². The zero-order chi connectivity index (χ0) is 20.6. The van der Waals surface area contributed by atoms with Gasteiger partial charge in [0, 0.05) is 10.6 Å². The predicted molar refractivity (Wildman–Crippen MR) is 105 cm³/mol. The van der Waals surface area contributed by atoms with Gasteiger partial charge in [-0.15, -0.1) is 0 Å². The maximum Gasteiger partial charge on any atom is 0.251 e. The van der Waals surface area contributed by atoms with E-state index in [0.29, 0.717) is 10.6 Å². The third-order valence-electron chi connectivity index (χ3n) is 3.72. The number of amides is 2. The van der Waals surface area contributed by atoms with Crippen LogP contribution in [0.15, 0.2) is 54.6 Å². The maximum absolute atomic E-state index is 12.6. The van der Waals surface area contributed by atoms with E-state index in [1.54, 1.807) is 60.7 Å². The number of rotatable bonds is 8. The van der Waals surface area contributed by atoms with Crippen LogP contribution in [-0.4, -0.2) is 38.6 Å². The Kier molecular flexibility index (Phi) is 7.55. The highest BCUT2D eigenvalue weighted by Crippen LogP contribution is 2.13. The summed E-state index contributed by atoms with van der Waals surface area (Å²) in [5.74, 6) is -2.25. The smallest absolute Gasteiger partial charge is 0.251 e. The largest absolute Gasteiger partial charge is 0.341 e. The Bertz CT molecular complexity index is 970. The lowest BCUT2D eigenvalue weighted by Crippen LogP contribution is -2.50. The molecule has 0 radical (unpaired) electrons. The van der Waals surface area contributed by atoms with Gasteiger partial charge in [0.2, 0.25) is 5.91 Å². The molecular weight excluding hydrogens is 402 g/mol. The van der Waals surface area contributed by atoms with Gasteiger partial charge in [0.25, 0.3) is 5.91 Å². The molecule has 0 spiro atoms. The van der Waals surface area contributed by atoms with Gasteiger partial charge in [-0.3, -0.25) is 9.59 Å². The van der Waals surface area contributed by atoms with Gasteiger partial charge in [0.1, 0.15) is 12.6 Å². The lowest BCUT2D eigenvalue weighted by molar-refractivity contribution is -0.122. The molecule has 0 aromatic heterocycles. The van der Waals surface area contributed by atoms with Crippen molar-refractivity contribution < 1.29 is 18.0 Å². The van der Waals surface area contributed by atoms with E-state index in [-0.39, 0.29) is 17.9 Å². The van der Waals surface area contributed by atoms with Gasteiger partial charge in [-0.25, -0.2) is 8.42 Å². The molecule has 2 N–H and O–H groups in total. The van der Waals surface area contributed by atoms with Crippen molar-refractivity contribution in [3.05, 3.63) is 70.7 Å². The topological polar surface area (TPSA) is 116 Å². The van der Waals surface area contributed by atoms with Crippen LogP contribution in [0.25, 0.3) is 0 Å². The molecular formula is C19H18ClN3O4S. The summed E-state index contributed by atoms with van der Waals surface area (Å²) in [6.07, 6.45) is 0. The number of nitrogens with one attached hydrogen (secondary N) is 2. The van der Waals surface area contributed by atoms with Crippen molar-refractivity contribution in [2.24, 2.45) is 0 Å². The molecule has 2 aromatic rings. The van der Waals surface area contributed by atoms with E-state index in [9.17, 15) is 18.0 Å². The molecule has 0 fully saturated rings. The van der Waals surface area contributed by atoms with Crippen LogP contribution in [0.5, 0.6) is 0 Å². The fraction of sp³-hybridized carbons (Fsp3) is 0.211. The summed E-state index contributed by atoms with van der Waals surface area (Å²) >= 11 is 5.80. The summed E-state index contributed by atoms with van der Waals surface area (Å²) in [4.78, 5) is 24.6.